The summed E-state index contributed by atoms with van der Waals surface area (Å²) >= 11 is 0. The molecule has 0 amide bonds. The van der Waals surface area contributed by atoms with Gasteiger partial charge in [-0.05, 0) is 36.5 Å². The van der Waals surface area contributed by atoms with E-state index < -0.39 is 5.97 Å². The van der Waals surface area contributed by atoms with E-state index in [9.17, 15) is 9.90 Å². The van der Waals surface area contributed by atoms with Crippen LogP contribution in [0.5, 0.6) is 0 Å². The topological polar surface area (TPSA) is 37.3 Å². The predicted molar refractivity (Wildman–Crippen MR) is 70.7 cm³/mol. The smallest absolute Gasteiger partial charge is 0.335 e. The molecule has 0 fully saturated rings. The van der Waals surface area contributed by atoms with Crippen LogP contribution in [-0.2, 0) is 0 Å². The van der Waals surface area contributed by atoms with Crippen LogP contribution >= 0.6 is 0 Å². The van der Waals surface area contributed by atoms with Gasteiger partial charge in [-0.25, -0.2) is 4.79 Å². The normalized spacial score (nSPS) is 12.4. The SMILES string of the molecule is CCCCCC(C)c1c(C)cccc1C(=O)O. The van der Waals surface area contributed by atoms with Gasteiger partial charge in [-0.15, -0.1) is 0 Å². The second kappa shape index (κ2) is 6.43. The molecule has 0 bridgehead atoms. The molecule has 0 aliphatic rings. The molecule has 17 heavy (non-hydrogen) atoms. The van der Waals surface area contributed by atoms with E-state index in [0.29, 0.717) is 11.5 Å². The average Bonchev–Trinajstić information content (AvgIpc) is 2.28. The van der Waals surface area contributed by atoms with Gasteiger partial charge >= 0.3 is 5.97 Å². The number of unbranched alkanes of at least 4 members (excludes halogenated alkanes) is 2. The number of rotatable bonds is 6. The number of aryl methyl sites for hydroxylation is 1. The summed E-state index contributed by atoms with van der Waals surface area (Å²) in [5.41, 5.74) is 2.57. The van der Waals surface area contributed by atoms with Crippen LogP contribution in [0.15, 0.2) is 18.2 Å². The molecule has 1 unspecified atom stereocenters. The maximum absolute atomic E-state index is 11.2. The highest BCUT2D eigenvalue weighted by atomic mass is 16.4. The summed E-state index contributed by atoms with van der Waals surface area (Å²) in [5, 5.41) is 9.21. The summed E-state index contributed by atoms with van der Waals surface area (Å²) in [7, 11) is 0. The van der Waals surface area contributed by atoms with Crippen molar-refractivity contribution < 1.29 is 9.90 Å². The average molecular weight is 234 g/mol. The Morgan fingerprint density at radius 1 is 1.35 bits per heavy atom. The number of hydrogen-bond donors (Lipinski definition) is 1. The Bertz CT molecular complexity index is 383. The van der Waals surface area contributed by atoms with Gasteiger partial charge in [-0.2, -0.15) is 0 Å². The Balaban J connectivity index is 2.90. The lowest BCUT2D eigenvalue weighted by atomic mass is 9.88. The first kappa shape index (κ1) is 13.8. The van der Waals surface area contributed by atoms with E-state index in [4.69, 9.17) is 0 Å². The fourth-order valence-corrected chi connectivity index (χ4v) is 2.37. The van der Waals surface area contributed by atoms with Crippen LogP contribution in [-0.4, -0.2) is 11.1 Å². The van der Waals surface area contributed by atoms with E-state index >= 15 is 0 Å². The van der Waals surface area contributed by atoms with Crippen LogP contribution < -0.4 is 0 Å². The molecule has 0 saturated heterocycles. The molecule has 2 nitrogen and oxygen atoms in total. The zero-order chi connectivity index (χ0) is 12.8. The number of aromatic carboxylic acids is 1. The van der Waals surface area contributed by atoms with Crippen molar-refractivity contribution >= 4 is 5.97 Å². The highest BCUT2D eigenvalue weighted by molar-refractivity contribution is 5.90. The first-order valence-electron chi connectivity index (χ1n) is 6.40. The van der Waals surface area contributed by atoms with Crippen LogP contribution in [0.4, 0.5) is 0 Å². The molecule has 1 aromatic carbocycles. The molecule has 0 spiro atoms. The summed E-state index contributed by atoms with van der Waals surface area (Å²) in [5.74, 6) is -0.486. The molecule has 0 radical (unpaired) electrons. The molecule has 1 N–H and O–H groups in total. The first-order chi connectivity index (χ1) is 8.07. The molecular weight excluding hydrogens is 212 g/mol. The standard InChI is InChI=1S/C15H22O2/c1-4-5-6-8-11(2)14-12(3)9-7-10-13(14)15(16)17/h7,9-11H,4-6,8H2,1-3H3,(H,16,17). The minimum Gasteiger partial charge on any atom is -0.478 e. The van der Waals surface area contributed by atoms with Crippen molar-refractivity contribution in [3.8, 4) is 0 Å². The van der Waals surface area contributed by atoms with Crippen molar-refractivity contribution in [2.45, 2.75) is 52.4 Å². The summed E-state index contributed by atoms with van der Waals surface area (Å²) in [6.45, 7) is 6.31. The Morgan fingerprint density at radius 2 is 2.06 bits per heavy atom. The van der Waals surface area contributed by atoms with Crippen molar-refractivity contribution in [3.05, 3.63) is 34.9 Å². The van der Waals surface area contributed by atoms with Crippen LogP contribution in [0, 0.1) is 6.92 Å². The van der Waals surface area contributed by atoms with E-state index in [-0.39, 0.29) is 0 Å². The second-order valence-corrected chi connectivity index (χ2v) is 4.74. The molecule has 0 aliphatic heterocycles. The van der Waals surface area contributed by atoms with Gasteiger partial charge in [0.25, 0.3) is 0 Å². The zero-order valence-corrected chi connectivity index (χ0v) is 11.0. The maximum Gasteiger partial charge on any atom is 0.335 e. The van der Waals surface area contributed by atoms with Gasteiger partial charge in [0, 0.05) is 0 Å². The van der Waals surface area contributed by atoms with Crippen molar-refractivity contribution in [3.63, 3.8) is 0 Å². The van der Waals surface area contributed by atoms with Gasteiger partial charge in [0.15, 0.2) is 0 Å². The van der Waals surface area contributed by atoms with Crippen LogP contribution in [0.3, 0.4) is 0 Å². The molecule has 94 valence electrons. The highest BCUT2D eigenvalue weighted by Crippen LogP contribution is 2.28. The maximum atomic E-state index is 11.2. The highest BCUT2D eigenvalue weighted by Gasteiger charge is 2.16. The molecule has 0 saturated carbocycles. The second-order valence-electron chi connectivity index (χ2n) is 4.74. The Morgan fingerprint density at radius 3 is 2.65 bits per heavy atom. The van der Waals surface area contributed by atoms with Gasteiger partial charge in [0.05, 0.1) is 5.56 Å². The molecule has 1 aromatic rings. The summed E-state index contributed by atoms with van der Waals surface area (Å²) in [4.78, 5) is 11.2. The monoisotopic (exact) mass is 234 g/mol. The van der Waals surface area contributed by atoms with Gasteiger partial charge in [-0.3, -0.25) is 0 Å². The van der Waals surface area contributed by atoms with E-state index in [1.54, 1.807) is 6.07 Å². The largest absolute Gasteiger partial charge is 0.478 e. The van der Waals surface area contributed by atoms with Crippen molar-refractivity contribution in [1.82, 2.24) is 0 Å². The third-order valence-corrected chi connectivity index (χ3v) is 3.29. The van der Waals surface area contributed by atoms with Crippen molar-refractivity contribution in [2.24, 2.45) is 0 Å². The Kier molecular flexibility index (Phi) is 5.20. The molecular formula is C15H22O2. The van der Waals surface area contributed by atoms with Crippen LogP contribution in [0.2, 0.25) is 0 Å². The lowest BCUT2D eigenvalue weighted by Crippen LogP contribution is -2.07. The number of carboxylic acids is 1. The molecule has 1 atom stereocenters. The quantitative estimate of drug-likeness (QED) is 0.742. The Hall–Kier alpha value is -1.31. The fourth-order valence-electron chi connectivity index (χ4n) is 2.37. The molecule has 2 heteroatoms. The van der Waals surface area contributed by atoms with E-state index in [1.165, 1.54) is 19.3 Å². The molecule has 1 rings (SSSR count). The molecule has 0 heterocycles. The number of carboxylic acid groups (broad SMARTS) is 1. The minimum atomic E-state index is -0.814. The minimum absolute atomic E-state index is 0.328. The Labute approximate surface area is 104 Å². The van der Waals surface area contributed by atoms with Crippen LogP contribution in [0.25, 0.3) is 0 Å². The lowest BCUT2D eigenvalue weighted by Gasteiger charge is -2.17. The number of hydrogen-bond acceptors (Lipinski definition) is 1. The molecule has 0 aromatic heterocycles. The third-order valence-electron chi connectivity index (χ3n) is 3.29. The van der Waals surface area contributed by atoms with Gasteiger partial charge in [0.2, 0.25) is 0 Å². The van der Waals surface area contributed by atoms with Crippen LogP contribution in [0.1, 0.15) is 66.9 Å². The van der Waals surface area contributed by atoms with E-state index in [2.05, 4.69) is 13.8 Å². The lowest BCUT2D eigenvalue weighted by molar-refractivity contribution is 0.0695. The summed E-state index contributed by atoms with van der Waals surface area (Å²) < 4.78 is 0. The predicted octanol–water partition coefficient (Wildman–Crippen LogP) is 4.38. The number of benzene rings is 1. The fraction of sp³-hybridized carbons (Fsp3) is 0.533. The van der Waals surface area contributed by atoms with Crippen molar-refractivity contribution in [1.29, 1.82) is 0 Å². The van der Waals surface area contributed by atoms with Gasteiger partial charge in [-0.1, -0.05) is 45.2 Å². The zero-order valence-electron chi connectivity index (χ0n) is 11.0. The van der Waals surface area contributed by atoms with Crippen molar-refractivity contribution in [2.75, 3.05) is 0 Å². The summed E-state index contributed by atoms with van der Waals surface area (Å²) in [6, 6.07) is 5.53. The van der Waals surface area contributed by atoms with E-state index in [1.807, 2.05) is 19.1 Å². The third kappa shape index (κ3) is 3.58. The molecule has 0 aliphatic carbocycles. The first-order valence-corrected chi connectivity index (χ1v) is 6.40. The summed E-state index contributed by atoms with van der Waals surface area (Å²) in [6.07, 6.45) is 4.66. The van der Waals surface area contributed by atoms with Gasteiger partial charge in [0.1, 0.15) is 0 Å². The van der Waals surface area contributed by atoms with E-state index in [0.717, 1.165) is 17.5 Å². The van der Waals surface area contributed by atoms with Gasteiger partial charge < -0.3 is 5.11 Å². The number of carbonyl (C=O) groups is 1.